The lowest BCUT2D eigenvalue weighted by atomic mass is 9.93. The molecule has 4 aromatic rings. The summed E-state index contributed by atoms with van der Waals surface area (Å²) in [5.41, 5.74) is 6.61. The van der Waals surface area contributed by atoms with Gasteiger partial charge in [-0.1, -0.05) is 101 Å². The molecule has 0 nitrogen and oxygen atoms in total. The minimum absolute atomic E-state index is 1.11. The molecule has 0 bridgehead atoms. The Balaban J connectivity index is 1.48. The highest BCUT2D eigenvalue weighted by atomic mass is 79.9. The van der Waals surface area contributed by atoms with E-state index >= 15 is 0 Å². The van der Waals surface area contributed by atoms with E-state index in [1.165, 1.54) is 51.4 Å². The van der Waals surface area contributed by atoms with Crippen LogP contribution in [-0.2, 0) is 12.8 Å². The van der Waals surface area contributed by atoms with Crippen LogP contribution < -0.4 is 0 Å². The molecule has 0 N–H and O–H groups in total. The second-order valence-corrected chi connectivity index (χ2v) is 8.39. The van der Waals surface area contributed by atoms with Crippen LogP contribution in [0.5, 0.6) is 0 Å². The second kappa shape index (κ2) is 9.24. The number of hydrogen-bond acceptors (Lipinski definition) is 0. The highest BCUT2D eigenvalue weighted by molar-refractivity contribution is 9.10. The minimum Gasteiger partial charge on any atom is -0.0985 e. The molecule has 0 spiro atoms. The summed E-state index contributed by atoms with van der Waals surface area (Å²) in [6.45, 7) is 3.82. The Labute approximate surface area is 182 Å². The van der Waals surface area contributed by atoms with E-state index in [2.05, 4.69) is 107 Å². The Bertz CT molecular complexity index is 1110. The van der Waals surface area contributed by atoms with Crippen LogP contribution in [0.25, 0.3) is 28.0 Å². The standard InChI is InChI=1S/C28H25Br/c1-2-21-11-13-22(14-12-21)7-3-4-8-23-17-20-27(24-15-18-25(29)19-16-24)28-10-6-5-9-26(23)28/h2,5-6,9-20H,1,3-4,7-8H2. The van der Waals surface area contributed by atoms with E-state index in [0.717, 1.165) is 17.3 Å². The molecule has 4 aromatic carbocycles. The molecular formula is C28H25Br. The molecule has 0 unspecified atom stereocenters. The molecule has 0 amide bonds. The Kier molecular flexibility index (Phi) is 6.27. The van der Waals surface area contributed by atoms with Crippen molar-refractivity contribution in [3.05, 3.63) is 113 Å². The monoisotopic (exact) mass is 440 g/mol. The third-order valence-corrected chi connectivity index (χ3v) is 6.08. The first-order chi connectivity index (χ1) is 14.2. The van der Waals surface area contributed by atoms with E-state index in [9.17, 15) is 0 Å². The fourth-order valence-corrected chi connectivity index (χ4v) is 4.19. The topological polar surface area (TPSA) is 0 Å². The molecular weight excluding hydrogens is 416 g/mol. The molecule has 0 saturated carbocycles. The van der Waals surface area contributed by atoms with E-state index in [-0.39, 0.29) is 0 Å². The van der Waals surface area contributed by atoms with Gasteiger partial charge in [0.05, 0.1) is 0 Å². The van der Waals surface area contributed by atoms with Crippen LogP contribution in [0.15, 0.2) is 96.0 Å². The largest absolute Gasteiger partial charge is 0.0985 e. The summed E-state index contributed by atoms with van der Waals surface area (Å²) in [6.07, 6.45) is 6.55. The van der Waals surface area contributed by atoms with Crippen molar-refractivity contribution in [1.82, 2.24) is 0 Å². The number of hydrogen-bond donors (Lipinski definition) is 0. The van der Waals surface area contributed by atoms with Gasteiger partial charge in [0.25, 0.3) is 0 Å². The molecule has 1 heteroatoms. The number of benzene rings is 4. The number of fused-ring (bicyclic) bond motifs is 1. The minimum atomic E-state index is 1.11. The molecule has 0 radical (unpaired) electrons. The maximum absolute atomic E-state index is 3.82. The molecule has 0 aliphatic carbocycles. The Morgan fingerprint density at radius 2 is 1.38 bits per heavy atom. The SMILES string of the molecule is C=Cc1ccc(CCCCc2ccc(-c3ccc(Br)cc3)c3ccccc23)cc1. The van der Waals surface area contributed by atoms with Crippen molar-refractivity contribution < 1.29 is 0 Å². The maximum Gasteiger partial charge on any atom is 0.0175 e. The predicted molar refractivity (Wildman–Crippen MR) is 130 cm³/mol. The summed E-state index contributed by atoms with van der Waals surface area (Å²) in [5.74, 6) is 0. The highest BCUT2D eigenvalue weighted by Gasteiger charge is 2.08. The van der Waals surface area contributed by atoms with Crippen molar-refractivity contribution in [2.75, 3.05) is 0 Å². The van der Waals surface area contributed by atoms with Gasteiger partial charge in [0.1, 0.15) is 0 Å². The number of halogens is 1. The smallest absolute Gasteiger partial charge is 0.0175 e. The van der Waals surface area contributed by atoms with Crippen LogP contribution in [-0.4, -0.2) is 0 Å². The van der Waals surface area contributed by atoms with Crippen molar-refractivity contribution in [2.24, 2.45) is 0 Å². The molecule has 4 rings (SSSR count). The molecule has 0 saturated heterocycles. The second-order valence-electron chi connectivity index (χ2n) is 7.48. The van der Waals surface area contributed by atoms with Gasteiger partial charge in [-0.3, -0.25) is 0 Å². The molecule has 144 valence electrons. The average Bonchev–Trinajstić information content (AvgIpc) is 2.78. The van der Waals surface area contributed by atoms with Gasteiger partial charge < -0.3 is 0 Å². The fourth-order valence-electron chi connectivity index (χ4n) is 3.93. The average molecular weight is 441 g/mol. The van der Waals surface area contributed by atoms with E-state index in [1.54, 1.807) is 0 Å². The molecule has 29 heavy (non-hydrogen) atoms. The summed E-state index contributed by atoms with van der Waals surface area (Å²) in [7, 11) is 0. The van der Waals surface area contributed by atoms with E-state index in [0.29, 0.717) is 0 Å². The van der Waals surface area contributed by atoms with Crippen LogP contribution in [0, 0.1) is 0 Å². The normalized spacial score (nSPS) is 10.9. The van der Waals surface area contributed by atoms with Crippen molar-refractivity contribution in [1.29, 1.82) is 0 Å². The molecule has 0 aromatic heterocycles. The number of rotatable bonds is 7. The lowest BCUT2D eigenvalue weighted by molar-refractivity contribution is 0.737. The summed E-state index contributed by atoms with van der Waals surface area (Å²) in [5, 5.41) is 2.72. The Morgan fingerprint density at radius 3 is 2.10 bits per heavy atom. The van der Waals surface area contributed by atoms with Crippen molar-refractivity contribution in [2.45, 2.75) is 25.7 Å². The van der Waals surface area contributed by atoms with Crippen LogP contribution >= 0.6 is 15.9 Å². The van der Waals surface area contributed by atoms with Gasteiger partial charge >= 0.3 is 0 Å². The summed E-state index contributed by atoms with van der Waals surface area (Å²) in [4.78, 5) is 0. The molecule has 0 atom stereocenters. The highest BCUT2D eigenvalue weighted by Crippen LogP contribution is 2.32. The van der Waals surface area contributed by atoms with Gasteiger partial charge in [-0.2, -0.15) is 0 Å². The van der Waals surface area contributed by atoms with Crippen molar-refractivity contribution in [3.63, 3.8) is 0 Å². The van der Waals surface area contributed by atoms with Gasteiger partial charge in [-0.25, -0.2) is 0 Å². The molecule has 0 aliphatic rings. The first-order valence-corrected chi connectivity index (χ1v) is 11.0. The summed E-state index contributed by atoms with van der Waals surface area (Å²) in [6, 6.07) is 30.7. The van der Waals surface area contributed by atoms with Crippen LogP contribution in [0.1, 0.15) is 29.5 Å². The first-order valence-electron chi connectivity index (χ1n) is 10.2. The summed E-state index contributed by atoms with van der Waals surface area (Å²) < 4.78 is 1.11. The van der Waals surface area contributed by atoms with Crippen LogP contribution in [0.3, 0.4) is 0 Å². The fraction of sp³-hybridized carbons (Fsp3) is 0.143. The van der Waals surface area contributed by atoms with E-state index in [4.69, 9.17) is 0 Å². The number of unbranched alkanes of at least 4 members (excludes halogenated alkanes) is 1. The molecule has 0 aliphatic heterocycles. The first kappa shape index (κ1) is 19.7. The zero-order valence-corrected chi connectivity index (χ0v) is 18.2. The van der Waals surface area contributed by atoms with E-state index < -0.39 is 0 Å². The van der Waals surface area contributed by atoms with Gasteiger partial charge in [-0.05, 0) is 76.4 Å². The van der Waals surface area contributed by atoms with Gasteiger partial charge in [0, 0.05) is 4.47 Å². The van der Waals surface area contributed by atoms with Crippen molar-refractivity contribution in [3.8, 4) is 11.1 Å². The third-order valence-electron chi connectivity index (χ3n) is 5.55. The Hall–Kier alpha value is -2.64. The van der Waals surface area contributed by atoms with E-state index in [1.807, 2.05) is 6.08 Å². The lowest BCUT2D eigenvalue weighted by Crippen LogP contribution is -1.92. The van der Waals surface area contributed by atoms with Gasteiger partial charge in [-0.15, -0.1) is 0 Å². The molecule has 0 heterocycles. The van der Waals surface area contributed by atoms with Crippen LogP contribution in [0.4, 0.5) is 0 Å². The quantitative estimate of drug-likeness (QED) is 0.252. The van der Waals surface area contributed by atoms with Gasteiger partial charge in [0.2, 0.25) is 0 Å². The third kappa shape index (κ3) is 4.68. The molecule has 0 fully saturated rings. The lowest BCUT2D eigenvalue weighted by Gasteiger charge is -2.12. The Morgan fingerprint density at radius 1 is 0.690 bits per heavy atom. The summed E-state index contributed by atoms with van der Waals surface area (Å²) >= 11 is 3.53. The zero-order chi connectivity index (χ0) is 20.1. The van der Waals surface area contributed by atoms with Gasteiger partial charge in [0.15, 0.2) is 0 Å². The zero-order valence-electron chi connectivity index (χ0n) is 16.6. The predicted octanol–water partition coefficient (Wildman–Crippen LogP) is 8.48. The van der Waals surface area contributed by atoms with Crippen LogP contribution in [0.2, 0.25) is 0 Å². The maximum atomic E-state index is 3.82. The number of aryl methyl sites for hydroxylation is 2. The van der Waals surface area contributed by atoms with Crippen molar-refractivity contribution >= 4 is 32.8 Å².